The second-order valence-corrected chi connectivity index (χ2v) is 7.79. The van der Waals surface area contributed by atoms with Gasteiger partial charge in [-0.3, -0.25) is 9.78 Å². The molecule has 1 N–H and O–H groups in total. The number of hydrogen-bond acceptors (Lipinski definition) is 4. The predicted molar refractivity (Wildman–Crippen MR) is 104 cm³/mol. The molecule has 1 aliphatic heterocycles. The van der Waals surface area contributed by atoms with Crippen molar-refractivity contribution in [3.05, 3.63) is 58.3 Å². The summed E-state index contributed by atoms with van der Waals surface area (Å²) in [5.74, 6) is 0.315. The quantitative estimate of drug-likeness (QED) is 0.755. The summed E-state index contributed by atoms with van der Waals surface area (Å²) in [5, 5.41) is 4.84. The fourth-order valence-corrected chi connectivity index (χ4v) is 3.34. The molecule has 0 unspecified atom stereocenters. The highest BCUT2D eigenvalue weighted by atomic mass is 19.1. The van der Waals surface area contributed by atoms with Crippen LogP contribution in [0.4, 0.5) is 10.3 Å². The van der Waals surface area contributed by atoms with Gasteiger partial charge in [0.15, 0.2) is 5.65 Å². The fourth-order valence-electron chi connectivity index (χ4n) is 3.34. The molecule has 0 bridgehead atoms. The third-order valence-corrected chi connectivity index (χ3v) is 4.78. The molecule has 0 fully saturated rings. The molecule has 0 saturated heterocycles. The van der Waals surface area contributed by atoms with E-state index >= 15 is 0 Å². The Morgan fingerprint density at radius 1 is 1.19 bits per heavy atom. The Labute approximate surface area is 156 Å². The lowest BCUT2D eigenvalue weighted by Gasteiger charge is -2.27. The highest BCUT2D eigenvalue weighted by molar-refractivity contribution is 5.75. The number of hydrogen-bond donors (Lipinski definition) is 1. The number of anilines is 1. The lowest BCUT2D eigenvalue weighted by atomic mass is 10.00. The van der Waals surface area contributed by atoms with E-state index in [0.717, 1.165) is 18.5 Å². The van der Waals surface area contributed by atoms with Gasteiger partial charge < -0.3 is 4.90 Å². The second-order valence-electron chi connectivity index (χ2n) is 7.79. The molecular weight excluding hydrogens is 345 g/mol. The molecule has 140 valence electrons. The van der Waals surface area contributed by atoms with E-state index in [4.69, 9.17) is 0 Å². The van der Waals surface area contributed by atoms with Crippen LogP contribution < -0.4 is 10.5 Å². The number of rotatable bonds is 2. The van der Waals surface area contributed by atoms with E-state index in [9.17, 15) is 9.18 Å². The van der Waals surface area contributed by atoms with Gasteiger partial charge in [0, 0.05) is 13.1 Å². The van der Waals surface area contributed by atoms with Crippen LogP contribution in [0.3, 0.4) is 0 Å². The van der Waals surface area contributed by atoms with Gasteiger partial charge in [-0.2, -0.15) is 10.1 Å². The maximum Gasteiger partial charge on any atom is 0.263 e. The molecule has 2 aromatic heterocycles. The molecule has 1 aromatic carbocycles. The fraction of sp³-hybridized carbons (Fsp3) is 0.350. The number of benzene rings is 1. The number of nitrogens with one attached hydrogen (secondary N) is 1. The minimum Gasteiger partial charge on any atom is -0.338 e. The van der Waals surface area contributed by atoms with Gasteiger partial charge in [0.1, 0.15) is 11.2 Å². The van der Waals surface area contributed by atoms with E-state index in [1.54, 1.807) is 23.0 Å². The van der Waals surface area contributed by atoms with Crippen LogP contribution in [0.5, 0.6) is 0 Å². The van der Waals surface area contributed by atoms with E-state index in [1.807, 2.05) is 25.7 Å². The Balaban J connectivity index is 1.66. The van der Waals surface area contributed by atoms with Crippen LogP contribution in [0.15, 0.2) is 41.3 Å². The maximum atomic E-state index is 13.1. The zero-order valence-electron chi connectivity index (χ0n) is 15.7. The van der Waals surface area contributed by atoms with Crippen molar-refractivity contribution >= 4 is 22.6 Å². The van der Waals surface area contributed by atoms with Crippen molar-refractivity contribution in [1.29, 1.82) is 0 Å². The lowest BCUT2D eigenvalue weighted by Crippen LogP contribution is -2.32. The standard InChI is InChI=1S/C20H22FN5O/c1-20(2,3)26-17-16(12-22-26)18(27)24-19(23-17)25-10-8-14(9-11-25)13-4-6-15(21)7-5-13/h4-8,12H,9-11H2,1-3H3,(H,23,24,27). The molecule has 0 radical (unpaired) electrons. The van der Waals surface area contributed by atoms with Crippen LogP contribution in [-0.2, 0) is 5.54 Å². The normalized spacial score (nSPS) is 15.3. The zero-order chi connectivity index (χ0) is 19.2. The van der Waals surface area contributed by atoms with E-state index in [-0.39, 0.29) is 16.9 Å². The maximum absolute atomic E-state index is 13.1. The number of fused-ring (bicyclic) bond motifs is 1. The third kappa shape index (κ3) is 3.25. The Kier molecular flexibility index (Phi) is 4.09. The summed E-state index contributed by atoms with van der Waals surface area (Å²) in [7, 11) is 0. The molecule has 0 saturated carbocycles. The minimum absolute atomic E-state index is 0.182. The molecule has 3 heterocycles. The molecule has 27 heavy (non-hydrogen) atoms. The van der Waals surface area contributed by atoms with Crippen LogP contribution in [0.2, 0.25) is 0 Å². The zero-order valence-corrected chi connectivity index (χ0v) is 15.7. The van der Waals surface area contributed by atoms with Crippen molar-refractivity contribution in [1.82, 2.24) is 19.7 Å². The van der Waals surface area contributed by atoms with Gasteiger partial charge in [-0.25, -0.2) is 9.07 Å². The smallest absolute Gasteiger partial charge is 0.263 e. The molecule has 0 atom stereocenters. The van der Waals surface area contributed by atoms with Crippen molar-refractivity contribution in [3.63, 3.8) is 0 Å². The first-order valence-electron chi connectivity index (χ1n) is 9.01. The molecule has 1 aliphatic rings. The van der Waals surface area contributed by atoms with Crippen molar-refractivity contribution in [2.45, 2.75) is 32.7 Å². The average Bonchev–Trinajstić information content (AvgIpc) is 3.07. The van der Waals surface area contributed by atoms with Crippen molar-refractivity contribution in [2.75, 3.05) is 18.0 Å². The van der Waals surface area contributed by atoms with Crippen LogP contribution in [0.1, 0.15) is 32.8 Å². The predicted octanol–water partition coefficient (Wildman–Crippen LogP) is 3.31. The molecule has 3 aromatic rings. The topological polar surface area (TPSA) is 66.8 Å². The Morgan fingerprint density at radius 2 is 1.93 bits per heavy atom. The Morgan fingerprint density at radius 3 is 2.56 bits per heavy atom. The third-order valence-electron chi connectivity index (χ3n) is 4.78. The summed E-state index contributed by atoms with van der Waals surface area (Å²) in [6.07, 6.45) is 4.47. The summed E-state index contributed by atoms with van der Waals surface area (Å²) in [5.41, 5.74) is 2.35. The average molecular weight is 367 g/mol. The van der Waals surface area contributed by atoms with Gasteiger partial charge in [0.2, 0.25) is 5.95 Å². The molecule has 4 rings (SSSR count). The Hall–Kier alpha value is -2.96. The van der Waals surface area contributed by atoms with E-state index in [1.165, 1.54) is 17.7 Å². The number of H-pyrrole nitrogens is 1. The summed E-state index contributed by atoms with van der Waals surface area (Å²) in [6.45, 7) is 7.44. The number of halogens is 1. The molecule has 6 nitrogen and oxygen atoms in total. The van der Waals surface area contributed by atoms with Gasteiger partial charge in [-0.1, -0.05) is 18.2 Å². The first kappa shape index (κ1) is 17.5. The summed E-state index contributed by atoms with van der Waals surface area (Å²) in [6, 6.07) is 6.54. The first-order valence-corrected chi connectivity index (χ1v) is 9.01. The minimum atomic E-state index is -0.267. The highest BCUT2D eigenvalue weighted by Gasteiger charge is 2.22. The SMILES string of the molecule is CC(C)(C)n1ncc2c(=O)[nH]c(N3CC=C(c4ccc(F)cc4)CC3)nc21. The van der Waals surface area contributed by atoms with Gasteiger partial charge in [-0.15, -0.1) is 0 Å². The van der Waals surface area contributed by atoms with Crippen molar-refractivity contribution < 1.29 is 4.39 Å². The van der Waals surface area contributed by atoms with E-state index in [2.05, 4.69) is 21.1 Å². The highest BCUT2D eigenvalue weighted by Crippen LogP contribution is 2.25. The monoisotopic (exact) mass is 367 g/mol. The molecule has 0 aliphatic carbocycles. The van der Waals surface area contributed by atoms with Gasteiger partial charge in [-0.05, 0) is 50.5 Å². The van der Waals surface area contributed by atoms with Gasteiger partial charge in [0.05, 0.1) is 11.7 Å². The van der Waals surface area contributed by atoms with Crippen LogP contribution in [0.25, 0.3) is 16.6 Å². The van der Waals surface area contributed by atoms with E-state index in [0.29, 0.717) is 23.5 Å². The van der Waals surface area contributed by atoms with Gasteiger partial charge in [0.25, 0.3) is 5.56 Å². The van der Waals surface area contributed by atoms with Crippen LogP contribution >= 0.6 is 0 Å². The largest absolute Gasteiger partial charge is 0.338 e. The molecule has 0 amide bonds. The number of aromatic amines is 1. The molecule has 7 heteroatoms. The number of nitrogens with zero attached hydrogens (tertiary/aromatic N) is 4. The summed E-state index contributed by atoms with van der Waals surface area (Å²) in [4.78, 5) is 22.1. The van der Waals surface area contributed by atoms with Crippen LogP contribution in [-0.4, -0.2) is 32.8 Å². The lowest BCUT2D eigenvalue weighted by molar-refractivity contribution is 0.366. The number of aromatic nitrogens is 4. The van der Waals surface area contributed by atoms with Gasteiger partial charge >= 0.3 is 0 Å². The van der Waals surface area contributed by atoms with E-state index < -0.39 is 0 Å². The molecule has 0 spiro atoms. The van der Waals surface area contributed by atoms with Crippen molar-refractivity contribution in [2.24, 2.45) is 0 Å². The first-order chi connectivity index (χ1) is 12.8. The molecular formula is C20H22FN5O. The van der Waals surface area contributed by atoms with Crippen molar-refractivity contribution in [3.8, 4) is 0 Å². The Bertz CT molecular complexity index is 1070. The second kappa shape index (κ2) is 6.33. The summed E-state index contributed by atoms with van der Waals surface area (Å²) >= 11 is 0. The van der Waals surface area contributed by atoms with Crippen LogP contribution in [0, 0.1) is 5.82 Å². The summed E-state index contributed by atoms with van der Waals surface area (Å²) < 4.78 is 14.9.